The van der Waals surface area contributed by atoms with Crippen LogP contribution >= 0.6 is 0 Å². The van der Waals surface area contributed by atoms with Crippen molar-refractivity contribution in [2.45, 2.75) is 6.04 Å². The number of phenolic OH excluding ortho intramolecular Hbond substituents is 1. The summed E-state index contributed by atoms with van der Waals surface area (Å²) >= 11 is 0. The average molecular weight is 252 g/mol. The molecule has 1 saturated heterocycles. The smallest absolute Gasteiger partial charge is 0.120 e. The lowest BCUT2D eigenvalue weighted by Crippen LogP contribution is -2.46. The Hall–Kier alpha value is -1.30. The van der Waals surface area contributed by atoms with E-state index in [2.05, 4.69) is 10.2 Å². The Bertz CT molecular complexity index is 392. The predicted molar refractivity (Wildman–Crippen MR) is 68.9 cm³/mol. The summed E-state index contributed by atoms with van der Waals surface area (Å²) in [5.74, 6) is 0.893. The summed E-state index contributed by atoms with van der Waals surface area (Å²) < 4.78 is 5.17. The Labute approximate surface area is 107 Å². The zero-order valence-electron chi connectivity index (χ0n) is 10.6. The Morgan fingerprint density at radius 1 is 1.39 bits per heavy atom. The second-order valence-corrected chi connectivity index (χ2v) is 4.41. The number of nitrogens with one attached hydrogen (secondary N) is 1. The zero-order chi connectivity index (χ0) is 13.0. The van der Waals surface area contributed by atoms with Gasteiger partial charge >= 0.3 is 0 Å². The summed E-state index contributed by atoms with van der Waals surface area (Å²) in [5.41, 5.74) is 0.721. The van der Waals surface area contributed by atoms with Gasteiger partial charge in [-0.3, -0.25) is 4.90 Å². The highest BCUT2D eigenvalue weighted by atomic mass is 16.5. The van der Waals surface area contributed by atoms with Crippen molar-refractivity contribution in [2.24, 2.45) is 0 Å². The SMILES string of the molecule is COc1ccc(O)c([C@@H](CO)N2CCNCC2)c1. The number of benzene rings is 1. The van der Waals surface area contributed by atoms with Crippen molar-refractivity contribution in [1.82, 2.24) is 10.2 Å². The Balaban J connectivity index is 2.25. The van der Waals surface area contributed by atoms with Crippen molar-refractivity contribution in [3.05, 3.63) is 23.8 Å². The first-order chi connectivity index (χ1) is 8.76. The monoisotopic (exact) mass is 252 g/mol. The van der Waals surface area contributed by atoms with Crippen LogP contribution in [0.5, 0.6) is 11.5 Å². The highest BCUT2D eigenvalue weighted by Crippen LogP contribution is 2.31. The van der Waals surface area contributed by atoms with Gasteiger partial charge in [0, 0.05) is 31.7 Å². The first-order valence-electron chi connectivity index (χ1n) is 6.18. The number of aliphatic hydroxyl groups is 1. The summed E-state index contributed by atoms with van der Waals surface area (Å²) in [6.45, 7) is 3.52. The van der Waals surface area contributed by atoms with E-state index in [1.807, 2.05) is 0 Å². The number of hydrogen-bond donors (Lipinski definition) is 3. The molecular formula is C13H20N2O3. The third-order valence-corrected chi connectivity index (χ3v) is 3.36. The van der Waals surface area contributed by atoms with Crippen LogP contribution in [0.15, 0.2) is 18.2 Å². The van der Waals surface area contributed by atoms with Gasteiger partial charge in [0.1, 0.15) is 11.5 Å². The first kappa shape index (κ1) is 13.1. The number of ether oxygens (including phenoxy) is 1. The maximum absolute atomic E-state index is 9.95. The van der Waals surface area contributed by atoms with Gasteiger partial charge in [-0.2, -0.15) is 0 Å². The van der Waals surface area contributed by atoms with Gasteiger partial charge in [-0.05, 0) is 18.2 Å². The van der Waals surface area contributed by atoms with Crippen molar-refractivity contribution in [2.75, 3.05) is 39.9 Å². The van der Waals surface area contributed by atoms with Gasteiger partial charge < -0.3 is 20.3 Å². The van der Waals surface area contributed by atoms with Crippen LogP contribution in [0.25, 0.3) is 0 Å². The molecule has 2 rings (SSSR count). The molecule has 0 amide bonds. The van der Waals surface area contributed by atoms with Gasteiger partial charge in [0.2, 0.25) is 0 Å². The number of nitrogens with zero attached hydrogens (tertiary/aromatic N) is 1. The number of piperazine rings is 1. The number of phenols is 1. The van der Waals surface area contributed by atoms with E-state index < -0.39 is 0 Å². The number of hydrogen-bond acceptors (Lipinski definition) is 5. The van der Waals surface area contributed by atoms with Gasteiger partial charge in [0.15, 0.2) is 0 Å². The molecule has 0 spiro atoms. The molecule has 5 heteroatoms. The number of methoxy groups -OCH3 is 1. The number of rotatable bonds is 4. The molecule has 0 radical (unpaired) electrons. The summed E-state index contributed by atoms with van der Waals surface area (Å²) in [4.78, 5) is 2.17. The van der Waals surface area contributed by atoms with Gasteiger partial charge in [0.05, 0.1) is 19.8 Å². The van der Waals surface area contributed by atoms with Crippen molar-refractivity contribution >= 4 is 0 Å². The molecule has 0 bridgehead atoms. The van der Waals surface area contributed by atoms with Crippen LogP contribution in [0, 0.1) is 0 Å². The van der Waals surface area contributed by atoms with Gasteiger partial charge in [-0.15, -0.1) is 0 Å². The minimum atomic E-state index is -0.179. The standard InChI is InChI=1S/C13H20N2O3/c1-18-10-2-3-13(17)11(8-10)12(9-16)15-6-4-14-5-7-15/h2-3,8,12,14,16-17H,4-7,9H2,1H3/t12-/m1/s1. The molecule has 0 aliphatic carbocycles. The summed E-state index contributed by atoms with van der Waals surface area (Å²) in [6.07, 6.45) is 0. The van der Waals surface area contributed by atoms with Crippen molar-refractivity contribution in [1.29, 1.82) is 0 Å². The fourth-order valence-electron chi connectivity index (χ4n) is 2.33. The Kier molecular flexibility index (Phi) is 4.41. The quantitative estimate of drug-likeness (QED) is 0.721. The van der Waals surface area contributed by atoms with Crippen molar-refractivity contribution in [3.8, 4) is 11.5 Å². The van der Waals surface area contributed by atoms with Crippen LogP contribution in [0.4, 0.5) is 0 Å². The number of aromatic hydroxyl groups is 1. The largest absolute Gasteiger partial charge is 0.508 e. The highest BCUT2D eigenvalue weighted by Gasteiger charge is 2.24. The maximum Gasteiger partial charge on any atom is 0.120 e. The molecule has 5 nitrogen and oxygen atoms in total. The van der Waals surface area contributed by atoms with Crippen LogP contribution in [-0.2, 0) is 0 Å². The van der Waals surface area contributed by atoms with Crippen LogP contribution in [0.3, 0.4) is 0 Å². The molecule has 1 atom stereocenters. The van der Waals surface area contributed by atoms with Crippen molar-refractivity contribution in [3.63, 3.8) is 0 Å². The van der Waals surface area contributed by atoms with E-state index in [9.17, 15) is 10.2 Å². The fraction of sp³-hybridized carbons (Fsp3) is 0.538. The molecular weight excluding hydrogens is 232 g/mol. The predicted octanol–water partition coefficient (Wildman–Crippen LogP) is 0.339. The number of aliphatic hydroxyl groups excluding tert-OH is 1. The van der Waals surface area contributed by atoms with Crippen LogP contribution < -0.4 is 10.1 Å². The van der Waals surface area contributed by atoms with E-state index in [-0.39, 0.29) is 18.4 Å². The van der Waals surface area contributed by atoms with Gasteiger partial charge in [0.25, 0.3) is 0 Å². The molecule has 18 heavy (non-hydrogen) atoms. The summed E-state index contributed by atoms with van der Waals surface area (Å²) in [6, 6.07) is 4.93. The molecule has 1 aromatic carbocycles. The lowest BCUT2D eigenvalue weighted by atomic mass is 10.0. The topological polar surface area (TPSA) is 65.0 Å². The van der Waals surface area contributed by atoms with E-state index in [1.165, 1.54) is 0 Å². The molecule has 1 fully saturated rings. The normalized spacial score (nSPS) is 18.6. The van der Waals surface area contributed by atoms with Crippen LogP contribution in [0.1, 0.15) is 11.6 Å². The van der Waals surface area contributed by atoms with Crippen LogP contribution in [-0.4, -0.2) is 55.0 Å². The van der Waals surface area contributed by atoms with E-state index in [0.717, 1.165) is 31.7 Å². The molecule has 1 aliphatic rings. The summed E-state index contributed by atoms with van der Waals surface area (Å²) in [5, 5.41) is 22.8. The Morgan fingerprint density at radius 3 is 2.72 bits per heavy atom. The molecule has 1 heterocycles. The van der Waals surface area contributed by atoms with E-state index in [4.69, 9.17) is 4.74 Å². The zero-order valence-corrected chi connectivity index (χ0v) is 10.6. The molecule has 0 aromatic heterocycles. The first-order valence-corrected chi connectivity index (χ1v) is 6.18. The second-order valence-electron chi connectivity index (χ2n) is 4.41. The van der Waals surface area contributed by atoms with Crippen molar-refractivity contribution < 1.29 is 14.9 Å². The molecule has 3 N–H and O–H groups in total. The third-order valence-electron chi connectivity index (χ3n) is 3.36. The lowest BCUT2D eigenvalue weighted by Gasteiger charge is -2.34. The second kappa shape index (κ2) is 6.04. The summed E-state index contributed by atoms with van der Waals surface area (Å²) in [7, 11) is 1.59. The minimum absolute atomic E-state index is 0.0132. The van der Waals surface area contributed by atoms with E-state index in [1.54, 1.807) is 25.3 Å². The average Bonchev–Trinajstić information content (AvgIpc) is 2.43. The molecule has 1 aliphatic heterocycles. The van der Waals surface area contributed by atoms with E-state index >= 15 is 0 Å². The minimum Gasteiger partial charge on any atom is -0.508 e. The third kappa shape index (κ3) is 2.75. The molecule has 1 aromatic rings. The van der Waals surface area contributed by atoms with Gasteiger partial charge in [-0.1, -0.05) is 0 Å². The highest BCUT2D eigenvalue weighted by molar-refractivity contribution is 5.41. The molecule has 0 unspecified atom stereocenters. The molecule has 100 valence electrons. The van der Waals surface area contributed by atoms with E-state index in [0.29, 0.717) is 5.75 Å². The Morgan fingerprint density at radius 2 is 2.11 bits per heavy atom. The van der Waals surface area contributed by atoms with Crippen LogP contribution in [0.2, 0.25) is 0 Å². The fourth-order valence-corrected chi connectivity index (χ4v) is 2.33. The lowest BCUT2D eigenvalue weighted by molar-refractivity contribution is 0.109. The molecule has 0 saturated carbocycles. The maximum atomic E-state index is 9.95. The van der Waals surface area contributed by atoms with Gasteiger partial charge in [-0.25, -0.2) is 0 Å².